The predicted molar refractivity (Wildman–Crippen MR) is 102 cm³/mol. The molecule has 0 aliphatic carbocycles. The first kappa shape index (κ1) is 18.4. The number of phenolic OH excluding ortho intramolecular Hbond substituents is 1. The third kappa shape index (κ3) is 3.22. The summed E-state index contributed by atoms with van der Waals surface area (Å²) >= 11 is 0. The monoisotopic (exact) mass is 346 g/mol. The zero-order valence-electron chi connectivity index (χ0n) is 17.1. The highest BCUT2D eigenvalue weighted by molar-refractivity contribution is 5.62. The smallest absolute Gasteiger partial charge is 0.168 e. The summed E-state index contributed by atoms with van der Waals surface area (Å²) in [5, 5.41) is 10.8. The van der Waals surface area contributed by atoms with Gasteiger partial charge in [-0.1, -0.05) is 27.7 Å². The summed E-state index contributed by atoms with van der Waals surface area (Å²) in [5.41, 5.74) is 1.75. The van der Waals surface area contributed by atoms with Crippen molar-refractivity contribution in [2.24, 2.45) is 11.8 Å². The fourth-order valence-electron chi connectivity index (χ4n) is 4.58. The second-order valence-electron chi connectivity index (χ2n) is 9.89. The van der Waals surface area contributed by atoms with Gasteiger partial charge in [-0.3, -0.25) is 0 Å². The van der Waals surface area contributed by atoms with Crippen LogP contribution in [-0.2, 0) is 0 Å². The zero-order valence-corrected chi connectivity index (χ0v) is 17.1. The van der Waals surface area contributed by atoms with E-state index in [2.05, 4.69) is 55.4 Å². The van der Waals surface area contributed by atoms with Gasteiger partial charge in [-0.15, -0.1) is 0 Å². The summed E-state index contributed by atoms with van der Waals surface area (Å²) in [6.45, 7) is 17.6. The van der Waals surface area contributed by atoms with Gasteiger partial charge in [-0.05, 0) is 70.3 Å². The van der Waals surface area contributed by atoms with Crippen molar-refractivity contribution in [3.63, 3.8) is 0 Å². The molecule has 1 N–H and O–H groups in total. The van der Waals surface area contributed by atoms with Gasteiger partial charge in [0.2, 0.25) is 0 Å². The van der Waals surface area contributed by atoms with Crippen LogP contribution in [0.5, 0.6) is 17.2 Å². The zero-order chi connectivity index (χ0) is 18.7. The van der Waals surface area contributed by atoms with Gasteiger partial charge < -0.3 is 14.6 Å². The Kier molecular flexibility index (Phi) is 4.29. The molecule has 0 saturated carbocycles. The minimum absolute atomic E-state index is 0.207. The molecule has 1 aromatic carbocycles. The molecule has 0 aromatic heterocycles. The lowest BCUT2D eigenvalue weighted by Gasteiger charge is -2.45. The van der Waals surface area contributed by atoms with E-state index in [0.717, 1.165) is 29.7 Å². The van der Waals surface area contributed by atoms with E-state index in [0.29, 0.717) is 29.4 Å². The summed E-state index contributed by atoms with van der Waals surface area (Å²) < 4.78 is 12.7. The number of benzene rings is 1. The van der Waals surface area contributed by atoms with E-state index in [4.69, 9.17) is 9.47 Å². The van der Waals surface area contributed by atoms with Crippen molar-refractivity contribution in [2.75, 3.05) is 0 Å². The Hall–Kier alpha value is -1.38. The number of aromatic hydroxyl groups is 1. The van der Waals surface area contributed by atoms with Crippen LogP contribution in [0.3, 0.4) is 0 Å². The molecular formula is C22H34O3. The molecule has 3 heteroatoms. The van der Waals surface area contributed by atoms with Crippen molar-refractivity contribution >= 4 is 0 Å². The normalized spacial score (nSPS) is 26.6. The predicted octanol–water partition coefficient (Wildman–Crippen LogP) is 5.99. The first-order chi connectivity index (χ1) is 11.4. The molecule has 3 nitrogen and oxygen atoms in total. The average molecular weight is 347 g/mol. The minimum Gasteiger partial charge on any atom is -0.504 e. The number of phenols is 1. The van der Waals surface area contributed by atoms with Crippen molar-refractivity contribution in [2.45, 2.75) is 91.3 Å². The molecule has 0 fully saturated rings. The molecule has 0 saturated heterocycles. The number of hydrogen-bond donors (Lipinski definition) is 1. The SMILES string of the molecule is CC(C)C1CC(C)(C)Oc2c1cc(O)c1c2C(C(C)C)CC(C)(C)O1. The number of ether oxygens (including phenoxy) is 2. The van der Waals surface area contributed by atoms with Crippen LogP contribution in [0.25, 0.3) is 0 Å². The van der Waals surface area contributed by atoms with E-state index >= 15 is 0 Å². The fourth-order valence-corrected chi connectivity index (χ4v) is 4.58. The van der Waals surface area contributed by atoms with E-state index in [9.17, 15) is 5.11 Å². The average Bonchev–Trinajstić information content (AvgIpc) is 2.45. The van der Waals surface area contributed by atoms with Crippen LogP contribution in [0.1, 0.15) is 91.2 Å². The Labute approximate surface area is 152 Å². The van der Waals surface area contributed by atoms with Gasteiger partial charge in [0.1, 0.15) is 17.0 Å². The molecule has 2 heterocycles. The molecule has 2 aliphatic rings. The molecule has 140 valence electrons. The Morgan fingerprint density at radius 2 is 1.36 bits per heavy atom. The topological polar surface area (TPSA) is 38.7 Å². The molecule has 0 spiro atoms. The molecular weight excluding hydrogens is 312 g/mol. The molecule has 25 heavy (non-hydrogen) atoms. The van der Waals surface area contributed by atoms with Crippen LogP contribution in [0.4, 0.5) is 0 Å². The van der Waals surface area contributed by atoms with E-state index in [-0.39, 0.29) is 17.0 Å². The largest absolute Gasteiger partial charge is 0.504 e. The van der Waals surface area contributed by atoms with E-state index in [1.807, 2.05) is 6.07 Å². The second kappa shape index (κ2) is 5.82. The first-order valence-electron chi connectivity index (χ1n) is 9.69. The fraction of sp³-hybridized carbons (Fsp3) is 0.727. The van der Waals surface area contributed by atoms with Crippen LogP contribution in [0.15, 0.2) is 6.07 Å². The van der Waals surface area contributed by atoms with Gasteiger partial charge in [0.05, 0.1) is 0 Å². The van der Waals surface area contributed by atoms with E-state index < -0.39 is 0 Å². The molecule has 0 radical (unpaired) electrons. The third-order valence-corrected chi connectivity index (χ3v) is 5.84. The van der Waals surface area contributed by atoms with Gasteiger partial charge in [-0.25, -0.2) is 0 Å². The Bertz CT molecular complexity index is 670. The number of hydrogen-bond acceptors (Lipinski definition) is 3. The van der Waals surface area contributed by atoms with Crippen LogP contribution in [0.2, 0.25) is 0 Å². The van der Waals surface area contributed by atoms with Crippen LogP contribution in [-0.4, -0.2) is 16.3 Å². The number of fused-ring (bicyclic) bond motifs is 3. The lowest BCUT2D eigenvalue weighted by atomic mass is 9.72. The van der Waals surface area contributed by atoms with Gasteiger partial charge in [-0.2, -0.15) is 0 Å². The Morgan fingerprint density at radius 3 is 1.88 bits per heavy atom. The highest BCUT2D eigenvalue weighted by Gasteiger charge is 2.44. The summed E-state index contributed by atoms with van der Waals surface area (Å²) in [6.07, 6.45) is 1.90. The van der Waals surface area contributed by atoms with Crippen LogP contribution in [0, 0.1) is 11.8 Å². The van der Waals surface area contributed by atoms with Gasteiger partial charge >= 0.3 is 0 Å². The molecule has 0 amide bonds. The standard InChI is InChI=1S/C22H34O3/c1-12(2)15-10-21(5,6)24-19-14(15)9-17(23)20-18(19)16(13(3)4)11-22(7,8)25-20/h9,12-13,15-16,23H,10-11H2,1-8H3. The number of rotatable bonds is 2. The summed E-state index contributed by atoms with van der Waals surface area (Å²) in [4.78, 5) is 0. The molecule has 3 rings (SSSR count). The summed E-state index contributed by atoms with van der Waals surface area (Å²) in [5.74, 6) is 3.53. The minimum atomic E-state index is -0.282. The van der Waals surface area contributed by atoms with Crippen LogP contribution < -0.4 is 9.47 Å². The summed E-state index contributed by atoms with van der Waals surface area (Å²) in [6, 6.07) is 1.90. The maximum atomic E-state index is 10.8. The van der Waals surface area contributed by atoms with E-state index in [1.165, 1.54) is 0 Å². The van der Waals surface area contributed by atoms with E-state index in [1.54, 1.807) is 0 Å². The van der Waals surface area contributed by atoms with Crippen molar-refractivity contribution in [1.29, 1.82) is 0 Å². The van der Waals surface area contributed by atoms with Crippen LogP contribution >= 0.6 is 0 Å². The third-order valence-electron chi connectivity index (χ3n) is 5.84. The van der Waals surface area contributed by atoms with Gasteiger partial charge in [0.15, 0.2) is 11.5 Å². The molecule has 2 atom stereocenters. The lowest BCUT2D eigenvalue weighted by molar-refractivity contribution is 0.0412. The molecule has 0 bridgehead atoms. The maximum absolute atomic E-state index is 10.8. The Morgan fingerprint density at radius 1 is 0.880 bits per heavy atom. The summed E-state index contributed by atoms with van der Waals surface area (Å²) in [7, 11) is 0. The Balaban J connectivity index is 2.27. The quantitative estimate of drug-likeness (QED) is 0.714. The van der Waals surface area contributed by atoms with Gasteiger partial charge in [0, 0.05) is 11.1 Å². The highest BCUT2D eigenvalue weighted by atomic mass is 16.5. The van der Waals surface area contributed by atoms with Crippen molar-refractivity contribution in [1.82, 2.24) is 0 Å². The second-order valence-corrected chi connectivity index (χ2v) is 9.89. The molecule has 2 aliphatic heterocycles. The van der Waals surface area contributed by atoms with Gasteiger partial charge in [0.25, 0.3) is 0 Å². The molecule has 1 aromatic rings. The van der Waals surface area contributed by atoms with Crippen molar-refractivity contribution in [3.8, 4) is 17.2 Å². The lowest BCUT2D eigenvalue weighted by Crippen LogP contribution is -2.40. The van der Waals surface area contributed by atoms with Crippen molar-refractivity contribution < 1.29 is 14.6 Å². The van der Waals surface area contributed by atoms with Crippen molar-refractivity contribution in [3.05, 3.63) is 17.2 Å². The maximum Gasteiger partial charge on any atom is 0.168 e. The first-order valence-corrected chi connectivity index (χ1v) is 9.69. The molecule has 2 unspecified atom stereocenters. The highest BCUT2D eigenvalue weighted by Crippen LogP contribution is 2.57.